The van der Waals surface area contributed by atoms with Gasteiger partial charge in [0.05, 0.1) is 13.7 Å². The molecule has 1 aliphatic heterocycles. The third-order valence-corrected chi connectivity index (χ3v) is 4.52. The minimum absolute atomic E-state index is 0.0136. The van der Waals surface area contributed by atoms with Crippen LogP contribution in [0.15, 0.2) is 60.3 Å². The molecule has 0 atom stereocenters. The SMILES string of the molecule is C=C(OC)/C(F)=C1/Oc2c(cc(OCc3ccc(OCC)c(F)c3)c(F)c2F)CC1=C. The molecule has 1 aliphatic rings. The predicted octanol–water partition coefficient (Wildman–Crippen LogP) is 5.91. The van der Waals surface area contributed by atoms with E-state index in [1.54, 1.807) is 13.0 Å². The van der Waals surface area contributed by atoms with Crippen LogP contribution in [0.4, 0.5) is 17.6 Å². The van der Waals surface area contributed by atoms with Crippen molar-refractivity contribution in [1.82, 2.24) is 0 Å². The number of halogens is 4. The second-order valence-electron chi connectivity index (χ2n) is 6.63. The molecule has 1 heterocycles. The largest absolute Gasteiger partial charge is 0.494 e. The molecule has 2 aromatic carbocycles. The van der Waals surface area contributed by atoms with Gasteiger partial charge in [0.1, 0.15) is 6.61 Å². The van der Waals surface area contributed by atoms with Crippen LogP contribution in [0.1, 0.15) is 18.1 Å². The second kappa shape index (κ2) is 9.16. The van der Waals surface area contributed by atoms with Crippen molar-refractivity contribution < 1.29 is 36.5 Å². The quantitative estimate of drug-likeness (QED) is 0.399. The van der Waals surface area contributed by atoms with E-state index in [9.17, 15) is 17.6 Å². The zero-order valence-corrected chi connectivity index (χ0v) is 17.0. The lowest BCUT2D eigenvalue weighted by atomic mass is 9.99. The van der Waals surface area contributed by atoms with Crippen LogP contribution in [0, 0.1) is 17.5 Å². The van der Waals surface area contributed by atoms with Crippen LogP contribution in [0.25, 0.3) is 0 Å². The maximum Gasteiger partial charge on any atom is 0.207 e. The Bertz CT molecular complexity index is 1080. The summed E-state index contributed by atoms with van der Waals surface area (Å²) < 4.78 is 77.9. The summed E-state index contributed by atoms with van der Waals surface area (Å²) in [4.78, 5) is 0. The van der Waals surface area contributed by atoms with E-state index in [1.165, 1.54) is 25.3 Å². The Morgan fingerprint density at radius 1 is 1.10 bits per heavy atom. The van der Waals surface area contributed by atoms with Crippen LogP contribution in [-0.2, 0) is 17.8 Å². The number of hydrogen-bond donors (Lipinski definition) is 0. The number of benzene rings is 2. The summed E-state index contributed by atoms with van der Waals surface area (Å²) in [6.45, 7) is 8.90. The van der Waals surface area contributed by atoms with E-state index in [4.69, 9.17) is 18.9 Å². The average Bonchev–Trinajstić information content (AvgIpc) is 2.75. The van der Waals surface area contributed by atoms with Gasteiger partial charge in [-0.15, -0.1) is 0 Å². The van der Waals surface area contributed by atoms with E-state index in [0.29, 0.717) is 12.2 Å². The minimum Gasteiger partial charge on any atom is -0.494 e. The summed E-state index contributed by atoms with van der Waals surface area (Å²) in [6.07, 6.45) is -0.0136. The zero-order chi connectivity index (χ0) is 22.7. The van der Waals surface area contributed by atoms with E-state index < -0.39 is 34.8 Å². The third kappa shape index (κ3) is 4.52. The molecule has 0 bridgehead atoms. The van der Waals surface area contributed by atoms with Crippen LogP contribution in [0.3, 0.4) is 0 Å². The third-order valence-electron chi connectivity index (χ3n) is 4.52. The Kier molecular flexibility index (Phi) is 6.58. The molecule has 0 radical (unpaired) electrons. The smallest absolute Gasteiger partial charge is 0.207 e. The van der Waals surface area contributed by atoms with E-state index in [-0.39, 0.29) is 41.4 Å². The first-order valence-corrected chi connectivity index (χ1v) is 9.30. The molecule has 164 valence electrons. The maximum atomic E-state index is 14.6. The number of rotatable bonds is 7. The van der Waals surface area contributed by atoms with Gasteiger partial charge >= 0.3 is 0 Å². The Morgan fingerprint density at radius 3 is 2.48 bits per heavy atom. The molecule has 0 unspecified atom stereocenters. The number of allylic oxidation sites excluding steroid dienone is 2. The van der Waals surface area contributed by atoms with Crippen LogP contribution in [0.2, 0.25) is 0 Å². The normalized spacial score (nSPS) is 14.5. The van der Waals surface area contributed by atoms with Crippen LogP contribution < -0.4 is 14.2 Å². The lowest BCUT2D eigenvalue weighted by Gasteiger charge is -2.24. The molecule has 8 heteroatoms. The van der Waals surface area contributed by atoms with Crippen molar-refractivity contribution in [3.05, 3.63) is 88.9 Å². The van der Waals surface area contributed by atoms with Gasteiger partial charge in [0.15, 0.2) is 34.6 Å². The Hall–Kier alpha value is -3.42. The van der Waals surface area contributed by atoms with Crippen LogP contribution in [-0.4, -0.2) is 13.7 Å². The molecule has 0 fully saturated rings. The average molecular weight is 436 g/mol. The predicted molar refractivity (Wildman–Crippen MR) is 106 cm³/mol. The first-order valence-electron chi connectivity index (χ1n) is 9.30. The Balaban J connectivity index is 1.85. The van der Waals surface area contributed by atoms with E-state index in [0.717, 1.165) is 0 Å². The topological polar surface area (TPSA) is 36.9 Å². The zero-order valence-electron chi connectivity index (χ0n) is 17.0. The molecule has 3 rings (SSSR count). The Morgan fingerprint density at radius 2 is 1.84 bits per heavy atom. The summed E-state index contributed by atoms with van der Waals surface area (Å²) in [5.74, 6) is -5.71. The molecule has 31 heavy (non-hydrogen) atoms. The first-order chi connectivity index (χ1) is 14.8. The molecular weight excluding hydrogens is 416 g/mol. The molecule has 0 amide bonds. The fourth-order valence-electron chi connectivity index (χ4n) is 2.95. The lowest BCUT2D eigenvalue weighted by Crippen LogP contribution is -2.15. The highest BCUT2D eigenvalue weighted by Crippen LogP contribution is 2.41. The van der Waals surface area contributed by atoms with Crippen molar-refractivity contribution in [2.75, 3.05) is 13.7 Å². The number of ether oxygens (including phenoxy) is 4. The van der Waals surface area contributed by atoms with E-state index in [1.807, 2.05) is 0 Å². The van der Waals surface area contributed by atoms with Crippen LogP contribution >= 0.6 is 0 Å². The van der Waals surface area contributed by atoms with Crippen molar-refractivity contribution >= 4 is 0 Å². The summed E-state index contributed by atoms with van der Waals surface area (Å²) in [5.41, 5.74) is 0.801. The van der Waals surface area contributed by atoms with Gasteiger partial charge in [-0.2, -0.15) is 13.2 Å². The number of methoxy groups -OCH3 is 1. The molecule has 0 saturated heterocycles. The molecule has 0 saturated carbocycles. The van der Waals surface area contributed by atoms with Crippen LogP contribution in [0.5, 0.6) is 17.2 Å². The monoisotopic (exact) mass is 436 g/mol. The lowest BCUT2D eigenvalue weighted by molar-refractivity contribution is 0.267. The van der Waals surface area contributed by atoms with E-state index in [2.05, 4.69) is 13.2 Å². The number of hydrogen-bond acceptors (Lipinski definition) is 4. The highest BCUT2D eigenvalue weighted by molar-refractivity contribution is 5.52. The van der Waals surface area contributed by atoms with Gasteiger partial charge in [0, 0.05) is 12.0 Å². The van der Waals surface area contributed by atoms with Gasteiger partial charge in [-0.05, 0) is 36.3 Å². The van der Waals surface area contributed by atoms with Gasteiger partial charge in [-0.1, -0.05) is 19.2 Å². The minimum atomic E-state index is -1.34. The van der Waals surface area contributed by atoms with Crippen molar-refractivity contribution in [2.24, 2.45) is 0 Å². The van der Waals surface area contributed by atoms with E-state index >= 15 is 0 Å². The molecule has 0 spiro atoms. The summed E-state index contributed by atoms with van der Waals surface area (Å²) in [7, 11) is 1.21. The standard InChI is InChI=1S/C23H20F4O4/c1-5-29-17-7-6-14(9-16(17)24)11-30-18-10-15-8-12(2)22(19(25)13(3)28-4)31-23(15)21(27)20(18)26/h6-7,9-10H,2-3,5,8,11H2,1,4H3/b22-19-. The first kappa shape index (κ1) is 22.3. The van der Waals surface area contributed by atoms with Crippen molar-refractivity contribution in [3.63, 3.8) is 0 Å². The fraction of sp³-hybridized carbons (Fsp3) is 0.217. The fourth-order valence-corrected chi connectivity index (χ4v) is 2.95. The van der Waals surface area contributed by atoms with Crippen molar-refractivity contribution in [2.45, 2.75) is 20.0 Å². The summed E-state index contributed by atoms with van der Waals surface area (Å²) in [6, 6.07) is 5.40. The van der Waals surface area contributed by atoms with Gasteiger partial charge in [-0.25, -0.2) is 4.39 Å². The van der Waals surface area contributed by atoms with Gasteiger partial charge < -0.3 is 18.9 Å². The van der Waals surface area contributed by atoms with Gasteiger partial charge in [0.25, 0.3) is 0 Å². The molecule has 0 aliphatic carbocycles. The summed E-state index contributed by atoms with van der Waals surface area (Å²) in [5, 5.41) is 0. The molecule has 4 nitrogen and oxygen atoms in total. The van der Waals surface area contributed by atoms with Crippen molar-refractivity contribution in [3.8, 4) is 17.2 Å². The maximum absolute atomic E-state index is 14.6. The highest BCUT2D eigenvalue weighted by atomic mass is 19.2. The molecular formula is C23H20F4O4. The second-order valence-corrected chi connectivity index (χ2v) is 6.63. The molecule has 0 N–H and O–H groups in total. The molecule has 0 aromatic heterocycles. The Labute approximate surface area is 177 Å². The van der Waals surface area contributed by atoms with Crippen molar-refractivity contribution in [1.29, 1.82) is 0 Å². The highest BCUT2D eigenvalue weighted by Gasteiger charge is 2.30. The van der Waals surface area contributed by atoms with Gasteiger partial charge in [0.2, 0.25) is 17.5 Å². The number of fused-ring (bicyclic) bond motifs is 1. The molecule has 2 aromatic rings. The van der Waals surface area contributed by atoms with Gasteiger partial charge in [-0.3, -0.25) is 0 Å². The summed E-state index contributed by atoms with van der Waals surface area (Å²) >= 11 is 0.